The number of phosphoric acid groups is 1. The largest absolute Gasteiger partial charge is 0.533 e. The Morgan fingerprint density at radius 3 is 1.89 bits per heavy atom. The van der Waals surface area contributed by atoms with Crippen LogP contribution >= 0.6 is 31.0 Å². The van der Waals surface area contributed by atoms with E-state index >= 15 is 0 Å². The van der Waals surface area contributed by atoms with Crippen LogP contribution < -0.4 is 0 Å². The molecule has 1 unspecified atom stereocenters. The zero-order valence-electron chi connectivity index (χ0n) is 9.78. The summed E-state index contributed by atoms with van der Waals surface area (Å²) in [7, 11) is -4.47. The van der Waals surface area contributed by atoms with Crippen LogP contribution in [0.15, 0.2) is 0 Å². The van der Waals surface area contributed by atoms with Crippen LogP contribution in [0.2, 0.25) is 0 Å². The highest BCUT2D eigenvalue weighted by Crippen LogP contribution is 2.52. The highest BCUT2D eigenvalue weighted by Gasteiger charge is 2.36. The van der Waals surface area contributed by atoms with Gasteiger partial charge in [0.05, 0.1) is 31.1 Å². The van der Waals surface area contributed by atoms with E-state index in [0.29, 0.717) is 0 Å². The summed E-state index contributed by atoms with van der Waals surface area (Å²) in [4.78, 5) is 10.9. The fraction of sp³-hybridized carbons (Fsp3) is 0.875. The summed E-state index contributed by atoms with van der Waals surface area (Å²) in [5, 5.41) is 26.2. The first-order valence-corrected chi connectivity index (χ1v) is 7.61. The molecule has 0 rings (SSSR count). The minimum atomic E-state index is -4.47. The number of halogens is 2. The Labute approximate surface area is 119 Å². The number of alkyl halides is 2. The normalized spacial score (nSPS) is 14.7. The van der Waals surface area contributed by atoms with Crippen LogP contribution in [0.25, 0.3) is 0 Å². The summed E-state index contributed by atoms with van der Waals surface area (Å²) >= 11 is 10.9. The highest BCUT2D eigenvalue weighted by molar-refractivity contribution is 7.49. The maximum Gasteiger partial charge on any atom is 0.533 e. The van der Waals surface area contributed by atoms with Gasteiger partial charge < -0.3 is 19.8 Å². The average Bonchev–Trinajstić information content (AvgIpc) is 2.42. The highest BCUT2D eigenvalue weighted by atomic mass is 35.5. The molecule has 0 heterocycles. The Kier molecular flexibility index (Phi) is 9.94. The standard InChI is InChI=1S/C8H15Cl2O8P/c9-1-6(2-10)16-19(15,18-8(14)5-13)17-7(3-11)4-12/h6-7,11-13H,1-5H2. The zero-order valence-corrected chi connectivity index (χ0v) is 12.2. The lowest BCUT2D eigenvalue weighted by Gasteiger charge is -2.23. The van der Waals surface area contributed by atoms with Gasteiger partial charge in [-0.2, -0.15) is 0 Å². The fourth-order valence-electron chi connectivity index (χ4n) is 0.809. The second-order valence-corrected chi connectivity index (χ2v) is 5.31. The van der Waals surface area contributed by atoms with E-state index in [1.165, 1.54) is 0 Å². The van der Waals surface area contributed by atoms with Gasteiger partial charge in [-0.15, -0.1) is 23.2 Å². The van der Waals surface area contributed by atoms with Crippen molar-refractivity contribution in [2.45, 2.75) is 12.2 Å². The van der Waals surface area contributed by atoms with E-state index in [0.717, 1.165) is 0 Å². The molecule has 0 aromatic carbocycles. The van der Waals surface area contributed by atoms with Gasteiger partial charge in [-0.3, -0.25) is 9.05 Å². The lowest BCUT2D eigenvalue weighted by atomic mass is 10.4. The van der Waals surface area contributed by atoms with Gasteiger partial charge in [0.2, 0.25) is 0 Å². The van der Waals surface area contributed by atoms with Crippen molar-refractivity contribution in [1.82, 2.24) is 0 Å². The molecule has 0 aromatic rings. The minimum absolute atomic E-state index is 0.156. The summed E-state index contributed by atoms with van der Waals surface area (Å²) in [5.74, 6) is -1.58. The molecule has 0 saturated heterocycles. The summed E-state index contributed by atoms with van der Waals surface area (Å²) in [6.45, 7) is -2.42. The van der Waals surface area contributed by atoms with Gasteiger partial charge in [0.15, 0.2) is 0 Å². The van der Waals surface area contributed by atoms with Crippen molar-refractivity contribution in [3.05, 3.63) is 0 Å². The Balaban J connectivity index is 4.89. The third kappa shape index (κ3) is 7.43. The van der Waals surface area contributed by atoms with Gasteiger partial charge in [0.25, 0.3) is 0 Å². The van der Waals surface area contributed by atoms with Crippen LogP contribution in [0.4, 0.5) is 0 Å². The molecule has 0 radical (unpaired) electrons. The van der Waals surface area contributed by atoms with Crippen LogP contribution in [-0.4, -0.2) is 65.1 Å². The van der Waals surface area contributed by atoms with E-state index in [2.05, 4.69) is 4.52 Å². The maximum absolute atomic E-state index is 12.1. The molecule has 8 nitrogen and oxygen atoms in total. The first-order valence-electron chi connectivity index (χ1n) is 5.08. The number of rotatable bonds is 10. The summed E-state index contributed by atoms with van der Waals surface area (Å²) < 4.78 is 26.0. The van der Waals surface area contributed by atoms with Crippen molar-refractivity contribution in [1.29, 1.82) is 0 Å². The molecule has 0 aliphatic carbocycles. The molecule has 0 aliphatic heterocycles. The van der Waals surface area contributed by atoms with Gasteiger partial charge in [-0.25, -0.2) is 9.36 Å². The smallest absolute Gasteiger partial charge is 0.394 e. The number of aliphatic hydroxyl groups is 3. The van der Waals surface area contributed by atoms with E-state index in [-0.39, 0.29) is 11.8 Å². The second kappa shape index (κ2) is 9.90. The quantitative estimate of drug-likeness (QED) is 0.371. The van der Waals surface area contributed by atoms with Crippen LogP contribution in [-0.2, 0) is 22.9 Å². The molecule has 0 bridgehead atoms. The number of hydrogen-bond acceptors (Lipinski definition) is 8. The Morgan fingerprint density at radius 2 is 1.53 bits per heavy atom. The molecule has 11 heteroatoms. The molecular weight excluding hydrogens is 326 g/mol. The predicted molar refractivity (Wildman–Crippen MR) is 66.1 cm³/mol. The summed E-state index contributed by atoms with van der Waals surface area (Å²) in [5.41, 5.74) is 0. The summed E-state index contributed by atoms with van der Waals surface area (Å²) in [6, 6.07) is 0. The lowest BCUT2D eigenvalue weighted by Crippen LogP contribution is -2.26. The van der Waals surface area contributed by atoms with Crippen molar-refractivity contribution in [2.75, 3.05) is 31.6 Å². The number of carbonyl (C=O) groups excluding carboxylic acids is 1. The maximum atomic E-state index is 12.1. The summed E-state index contributed by atoms with van der Waals surface area (Å²) in [6.07, 6.45) is -2.23. The molecule has 3 N–H and O–H groups in total. The van der Waals surface area contributed by atoms with Gasteiger partial charge in [-0.05, 0) is 0 Å². The zero-order chi connectivity index (χ0) is 14.9. The Hall–Kier alpha value is 0.0800. The van der Waals surface area contributed by atoms with Crippen LogP contribution in [0, 0.1) is 0 Å². The first-order chi connectivity index (χ1) is 8.94. The lowest BCUT2D eigenvalue weighted by molar-refractivity contribution is -0.140. The van der Waals surface area contributed by atoms with Gasteiger partial charge in [0.1, 0.15) is 12.7 Å². The molecule has 19 heavy (non-hydrogen) atoms. The molecule has 0 aliphatic rings. The van der Waals surface area contributed by atoms with Crippen LogP contribution in [0.1, 0.15) is 0 Å². The third-order valence-electron chi connectivity index (χ3n) is 1.65. The van der Waals surface area contributed by atoms with Gasteiger partial charge in [-0.1, -0.05) is 0 Å². The molecular formula is C8H15Cl2O8P. The number of aliphatic hydroxyl groups excluding tert-OH is 3. The van der Waals surface area contributed by atoms with Crippen molar-refractivity contribution in [3.63, 3.8) is 0 Å². The number of hydrogen-bond donors (Lipinski definition) is 3. The number of carbonyl (C=O) groups is 1. The van der Waals surface area contributed by atoms with Gasteiger partial charge in [0, 0.05) is 0 Å². The van der Waals surface area contributed by atoms with E-state index in [1.807, 2.05) is 0 Å². The predicted octanol–water partition coefficient (Wildman–Crippen LogP) is -0.137. The van der Waals surface area contributed by atoms with Crippen LogP contribution in [0.5, 0.6) is 0 Å². The SMILES string of the molecule is O=C(CO)OP(=O)(OC(CO)CO)OC(CCl)CCl. The van der Waals surface area contributed by atoms with Crippen molar-refractivity contribution in [3.8, 4) is 0 Å². The fourth-order valence-corrected chi connectivity index (χ4v) is 2.90. The van der Waals surface area contributed by atoms with Crippen molar-refractivity contribution < 1.29 is 38.3 Å². The first kappa shape index (κ1) is 19.1. The van der Waals surface area contributed by atoms with E-state index < -0.39 is 45.8 Å². The van der Waals surface area contributed by atoms with E-state index in [1.54, 1.807) is 0 Å². The molecule has 114 valence electrons. The molecule has 0 saturated carbocycles. The van der Waals surface area contributed by atoms with Crippen molar-refractivity contribution in [2.24, 2.45) is 0 Å². The molecule has 0 fully saturated rings. The minimum Gasteiger partial charge on any atom is -0.394 e. The second-order valence-electron chi connectivity index (χ2n) is 3.20. The average molecular weight is 341 g/mol. The Morgan fingerprint density at radius 1 is 1.05 bits per heavy atom. The van der Waals surface area contributed by atoms with Crippen molar-refractivity contribution >= 4 is 37.0 Å². The van der Waals surface area contributed by atoms with E-state index in [9.17, 15) is 9.36 Å². The van der Waals surface area contributed by atoms with Gasteiger partial charge >= 0.3 is 13.8 Å². The molecule has 0 spiro atoms. The monoisotopic (exact) mass is 340 g/mol. The Bertz CT molecular complexity index is 289. The molecule has 1 atom stereocenters. The number of phosphoric ester groups is 1. The molecule has 0 aromatic heterocycles. The molecule has 0 amide bonds. The van der Waals surface area contributed by atoms with Crippen LogP contribution in [0.3, 0.4) is 0 Å². The topological polar surface area (TPSA) is 123 Å². The van der Waals surface area contributed by atoms with E-state index in [4.69, 9.17) is 47.6 Å². The third-order valence-corrected chi connectivity index (χ3v) is 3.88.